The molecule has 3 aromatic heterocycles. The maximum absolute atomic E-state index is 14.3. The van der Waals surface area contributed by atoms with Gasteiger partial charge in [0.05, 0.1) is 31.1 Å². The zero-order valence-corrected chi connectivity index (χ0v) is 17.1. The van der Waals surface area contributed by atoms with Crippen molar-refractivity contribution < 1.29 is 23.5 Å². The van der Waals surface area contributed by atoms with Gasteiger partial charge in [-0.2, -0.15) is 5.10 Å². The fourth-order valence-corrected chi connectivity index (χ4v) is 3.19. The highest BCUT2D eigenvalue weighted by Gasteiger charge is 2.20. The first-order chi connectivity index (χ1) is 15.5. The molecule has 0 aliphatic heterocycles. The molecule has 1 atom stereocenters. The molecule has 166 valence electrons. The van der Waals surface area contributed by atoms with E-state index in [0.717, 1.165) is 6.20 Å². The molecule has 0 saturated carbocycles. The molecule has 32 heavy (non-hydrogen) atoms. The number of anilines is 1. The van der Waals surface area contributed by atoms with Gasteiger partial charge in [-0.25, -0.2) is 18.7 Å². The summed E-state index contributed by atoms with van der Waals surface area (Å²) in [7, 11) is 1.53. The van der Waals surface area contributed by atoms with Crippen molar-refractivity contribution in [2.75, 3.05) is 25.1 Å². The summed E-state index contributed by atoms with van der Waals surface area (Å²) in [4.78, 5) is 9.65. The molecule has 0 aliphatic rings. The van der Waals surface area contributed by atoms with Gasteiger partial charge in [0.15, 0.2) is 17.5 Å². The van der Waals surface area contributed by atoms with Crippen LogP contribution in [0.15, 0.2) is 53.4 Å². The van der Waals surface area contributed by atoms with E-state index >= 15 is 0 Å². The van der Waals surface area contributed by atoms with Crippen LogP contribution in [-0.2, 0) is 6.54 Å². The number of aromatic nitrogens is 5. The Bertz CT molecular complexity index is 1200. The van der Waals surface area contributed by atoms with E-state index < -0.39 is 18.5 Å². The van der Waals surface area contributed by atoms with Gasteiger partial charge >= 0.3 is 0 Å². The predicted octanol–water partition coefficient (Wildman–Crippen LogP) is 2.11. The molecule has 4 rings (SSSR count). The summed E-state index contributed by atoms with van der Waals surface area (Å²) in [5, 5.41) is 27.1. The molecule has 11 heteroatoms. The highest BCUT2D eigenvalue weighted by Crippen LogP contribution is 2.26. The first kappa shape index (κ1) is 21.5. The normalized spacial score (nSPS) is 12.2. The minimum atomic E-state index is -1.06. The Kier molecular flexibility index (Phi) is 6.19. The van der Waals surface area contributed by atoms with Crippen LogP contribution in [0, 0.1) is 11.6 Å². The topological polar surface area (TPSA) is 113 Å². The fraction of sp³-hybridized carbons (Fsp3) is 0.238. The van der Waals surface area contributed by atoms with Crippen molar-refractivity contribution >= 4 is 5.82 Å². The van der Waals surface area contributed by atoms with Crippen molar-refractivity contribution in [1.82, 2.24) is 24.9 Å². The van der Waals surface area contributed by atoms with E-state index in [1.807, 2.05) is 0 Å². The molecule has 0 bridgehead atoms. The van der Waals surface area contributed by atoms with Crippen LogP contribution < -0.4 is 4.90 Å². The third kappa shape index (κ3) is 4.48. The number of benzene rings is 1. The van der Waals surface area contributed by atoms with Crippen molar-refractivity contribution in [3.05, 3.63) is 66.1 Å². The summed E-state index contributed by atoms with van der Waals surface area (Å²) in [6.45, 7) is -0.382. The fourth-order valence-electron chi connectivity index (χ4n) is 3.19. The molecule has 0 saturated heterocycles. The summed E-state index contributed by atoms with van der Waals surface area (Å²) in [5.74, 6) is -0.998. The van der Waals surface area contributed by atoms with E-state index in [2.05, 4.69) is 20.2 Å². The molecule has 4 aromatic rings. The maximum Gasteiger partial charge on any atom is 0.183 e. The van der Waals surface area contributed by atoms with Crippen molar-refractivity contribution in [2.24, 2.45) is 0 Å². The molecule has 0 spiro atoms. The summed E-state index contributed by atoms with van der Waals surface area (Å²) in [6.07, 6.45) is 1.35. The number of likely N-dealkylation sites (N-methyl/N-ethyl adjacent to an activating group) is 1. The van der Waals surface area contributed by atoms with E-state index in [0.29, 0.717) is 22.6 Å². The van der Waals surface area contributed by atoms with Gasteiger partial charge in [-0.15, -0.1) is 0 Å². The van der Waals surface area contributed by atoms with Crippen molar-refractivity contribution in [3.8, 4) is 22.9 Å². The molecule has 0 radical (unpaired) electrons. The molecule has 9 nitrogen and oxygen atoms in total. The number of hydrogen-bond acceptors (Lipinski definition) is 8. The zero-order chi connectivity index (χ0) is 22.7. The number of nitrogens with zero attached hydrogens (tertiary/aromatic N) is 6. The SMILES string of the molecule is CN(C[C@H](O)CO)c1nc(-c2cc(-c3ccon3)n(Cc3ccccc3F)n2)ncc1F. The molecule has 0 unspecified atom stereocenters. The standard InChI is InChI=1S/C21H20F2N6O3/c1-28(11-14(31)12-30)21-16(23)9-24-20(25-21)18-8-19(17-6-7-32-27-17)29(26-18)10-13-4-2-3-5-15(13)22/h2-9,14,30-31H,10-12H2,1H3/t14-/m0/s1. The van der Waals surface area contributed by atoms with E-state index in [1.54, 1.807) is 30.3 Å². The maximum atomic E-state index is 14.3. The van der Waals surface area contributed by atoms with E-state index in [9.17, 15) is 13.9 Å². The Morgan fingerprint density at radius 2 is 1.97 bits per heavy atom. The van der Waals surface area contributed by atoms with Gasteiger partial charge in [0, 0.05) is 25.2 Å². The third-order valence-electron chi connectivity index (χ3n) is 4.77. The second kappa shape index (κ2) is 9.20. The third-order valence-corrected chi connectivity index (χ3v) is 4.77. The zero-order valence-electron chi connectivity index (χ0n) is 17.1. The molecule has 2 N–H and O–H groups in total. The Balaban J connectivity index is 1.73. The molecular weight excluding hydrogens is 422 g/mol. The van der Waals surface area contributed by atoms with Gasteiger partial charge in [0.25, 0.3) is 0 Å². The number of aliphatic hydroxyl groups is 2. The smallest absolute Gasteiger partial charge is 0.183 e. The van der Waals surface area contributed by atoms with Crippen molar-refractivity contribution in [3.63, 3.8) is 0 Å². The molecule has 3 heterocycles. The van der Waals surface area contributed by atoms with Gasteiger partial charge < -0.3 is 19.6 Å². The lowest BCUT2D eigenvalue weighted by molar-refractivity contribution is 0.101. The Morgan fingerprint density at radius 3 is 2.69 bits per heavy atom. The van der Waals surface area contributed by atoms with Crippen LogP contribution in [0.4, 0.5) is 14.6 Å². The van der Waals surface area contributed by atoms with E-state index in [1.165, 1.54) is 29.0 Å². The van der Waals surface area contributed by atoms with Gasteiger partial charge in [-0.05, 0) is 12.1 Å². The molecule has 0 amide bonds. The average Bonchev–Trinajstić information content (AvgIpc) is 3.45. The minimum Gasteiger partial charge on any atom is -0.394 e. The molecule has 0 aliphatic carbocycles. The van der Waals surface area contributed by atoms with Crippen LogP contribution in [0.3, 0.4) is 0 Å². The molecule has 1 aromatic carbocycles. The number of halogens is 2. The molecule has 0 fully saturated rings. The monoisotopic (exact) mass is 442 g/mol. The lowest BCUT2D eigenvalue weighted by Gasteiger charge is -2.21. The quantitative estimate of drug-likeness (QED) is 0.427. The van der Waals surface area contributed by atoms with Crippen LogP contribution in [0.1, 0.15) is 5.56 Å². The van der Waals surface area contributed by atoms with Crippen LogP contribution >= 0.6 is 0 Å². The summed E-state index contributed by atoms with van der Waals surface area (Å²) in [6, 6.07) is 9.63. The van der Waals surface area contributed by atoms with Crippen molar-refractivity contribution in [1.29, 1.82) is 0 Å². The number of rotatable bonds is 8. The number of hydrogen-bond donors (Lipinski definition) is 2. The number of aliphatic hydroxyl groups excluding tert-OH is 2. The second-order valence-corrected chi connectivity index (χ2v) is 7.13. The van der Waals surface area contributed by atoms with Crippen LogP contribution in [-0.4, -0.2) is 61.4 Å². The second-order valence-electron chi connectivity index (χ2n) is 7.13. The summed E-state index contributed by atoms with van der Waals surface area (Å²) < 4.78 is 35.0. The largest absolute Gasteiger partial charge is 0.394 e. The first-order valence-electron chi connectivity index (χ1n) is 9.71. The summed E-state index contributed by atoms with van der Waals surface area (Å²) in [5.41, 5.74) is 1.75. The lowest BCUT2D eigenvalue weighted by Crippen LogP contribution is -2.32. The van der Waals surface area contributed by atoms with Gasteiger partial charge in [-0.3, -0.25) is 4.68 Å². The molecular formula is C21H20F2N6O3. The van der Waals surface area contributed by atoms with E-state index in [4.69, 9.17) is 9.63 Å². The Hall–Kier alpha value is -3.70. The first-order valence-corrected chi connectivity index (χ1v) is 9.71. The van der Waals surface area contributed by atoms with Crippen LogP contribution in [0.2, 0.25) is 0 Å². The Labute approximate surface area is 181 Å². The van der Waals surface area contributed by atoms with Crippen LogP contribution in [0.25, 0.3) is 22.9 Å². The highest BCUT2D eigenvalue weighted by molar-refractivity contribution is 5.63. The highest BCUT2D eigenvalue weighted by atomic mass is 19.1. The van der Waals surface area contributed by atoms with Crippen LogP contribution in [0.5, 0.6) is 0 Å². The van der Waals surface area contributed by atoms with E-state index in [-0.39, 0.29) is 30.5 Å². The minimum absolute atomic E-state index is 0.0320. The Morgan fingerprint density at radius 1 is 1.16 bits per heavy atom. The van der Waals surface area contributed by atoms with Crippen molar-refractivity contribution in [2.45, 2.75) is 12.6 Å². The summed E-state index contributed by atoms with van der Waals surface area (Å²) >= 11 is 0. The van der Waals surface area contributed by atoms with Gasteiger partial charge in [-0.1, -0.05) is 23.4 Å². The lowest BCUT2D eigenvalue weighted by atomic mass is 10.2. The predicted molar refractivity (Wildman–Crippen MR) is 111 cm³/mol. The van der Waals surface area contributed by atoms with Gasteiger partial charge in [0.2, 0.25) is 0 Å². The van der Waals surface area contributed by atoms with Gasteiger partial charge in [0.1, 0.15) is 23.5 Å². The average molecular weight is 442 g/mol.